The molecule has 0 aliphatic carbocycles. The van der Waals surface area contributed by atoms with E-state index in [2.05, 4.69) is 25.4 Å². The molecule has 0 radical (unpaired) electrons. The van der Waals surface area contributed by atoms with E-state index in [4.69, 9.17) is 4.74 Å². The number of ether oxygens (including phenoxy) is 1. The lowest BCUT2D eigenvalue weighted by atomic mass is 10.2. The SMILES string of the molecule is C=CC(=O)NCOCCCC.C=Cc1ccccc1. The molecule has 0 aliphatic heterocycles. The molecule has 0 spiro atoms. The minimum Gasteiger partial charge on any atom is -0.361 e. The first-order valence-electron chi connectivity index (χ1n) is 6.40. The molecule has 3 heteroatoms. The second-order valence-electron chi connectivity index (χ2n) is 3.77. The summed E-state index contributed by atoms with van der Waals surface area (Å²) in [6, 6.07) is 10.0. The Morgan fingerprint density at radius 3 is 2.47 bits per heavy atom. The normalized spacial score (nSPS) is 8.89. The first-order chi connectivity index (χ1) is 9.24. The van der Waals surface area contributed by atoms with Gasteiger partial charge in [0.15, 0.2) is 0 Å². The molecule has 1 amide bonds. The Bertz CT molecular complexity index is 360. The van der Waals surface area contributed by atoms with Gasteiger partial charge in [-0.15, -0.1) is 0 Å². The predicted molar refractivity (Wildman–Crippen MR) is 80.6 cm³/mol. The van der Waals surface area contributed by atoms with Crippen molar-refractivity contribution in [2.24, 2.45) is 0 Å². The number of carbonyl (C=O) groups is 1. The van der Waals surface area contributed by atoms with Crippen LogP contribution in [0.25, 0.3) is 6.08 Å². The molecule has 0 heterocycles. The third-order valence-electron chi connectivity index (χ3n) is 2.21. The van der Waals surface area contributed by atoms with E-state index in [9.17, 15) is 4.79 Å². The molecule has 0 saturated carbocycles. The molecule has 104 valence electrons. The highest BCUT2D eigenvalue weighted by Gasteiger charge is 1.90. The Labute approximate surface area is 116 Å². The van der Waals surface area contributed by atoms with Crippen molar-refractivity contribution in [1.82, 2.24) is 5.32 Å². The molecule has 0 aliphatic rings. The quantitative estimate of drug-likeness (QED) is 0.464. The summed E-state index contributed by atoms with van der Waals surface area (Å²) in [6.45, 7) is 10.0. The summed E-state index contributed by atoms with van der Waals surface area (Å²) in [5.41, 5.74) is 1.17. The van der Waals surface area contributed by atoms with Gasteiger partial charge in [-0.3, -0.25) is 4.79 Å². The van der Waals surface area contributed by atoms with Crippen LogP contribution in [0.3, 0.4) is 0 Å². The number of amides is 1. The molecule has 0 saturated heterocycles. The maximum atomic E-state index is 10.5. The minimum absolute atomic E-state index is 0.193. The summed E-state index contributed by atoms with van der Waals surface area (Å²) < 4.78 is 5.07. The fourth-order valence-corrected chi connectivity index (χ4v) is 1.10. The topological polar surface area (TPSA) is 38.3 Å². The molecule has 0 unspecified atom stereocenters. The molecule has 19 heavy (non-hydrogen) atoms. The summed E-state index contributed by atoms with van der Waals surface area (Å²) in [4.78, 5) is 10.5. The van der Waals surface area contributed by atoms with Crippen molar-refractivity contribution in [1.29, 1.82) is 0 Å². The van der Waals surface area contributed by atoms with Gasteiger partial charge in [-0.2, -0.15) is 0 Å². The number of benzene rings is 1. The van der Waals surface area contributed by atoms with Crippen molar-refractivity contribution < 1.29 is 9.53 Å². The van der Waals surface area contributed by atoms with Crippen LogP contribution in [0.2, 0.25) is 0 Å². The van der Waals surface area contributed by atoms with Gasteiger partial charge < -0.3 is 10.1 Å². The Morgan fingerprint density at radius 2 is 2.00 bits per heavy atom. The lowest BCUT2D eigenvalue weighted by Crippen LogP contribution is -2.23. The molecular formula is C16H23NO2. The van der Waals surface area contributed by atoms with Crippen LogP contribution in [0.5, 0.6) is 0 Å². The van der Waals surface area contributed by atoms with Gasteiger partial charge in [0.1, 0.15) is 6.73 Å². The summed E-state index contributed by atoms with van der Waals surface area (Å²) in [6.07, 6.45) is 5.20. The molecule has 0 fully saturated rings. The third-order valence-corrected chi connectivity index (χ3v) is 2.21. The third kappa shape index (κ3) is 11.0. The number of hydrogen-bond acceptors (Lipinski definition) is 2. The molecule has 0 atom stereocenters. The molecule has 0 bridgehead atoms. The van der Waals surface area contributed by atoms with E-state index in [1.165, 1.54) is 11.6 Å². The molecule has 0 aromatic heterocycles. The minimum atomic E-state index is -0.193. The monoisotopic (exact) mass is 261 g/mol. The van der Waals surface area contributed by atoms with E-state index in [-0.39, 0.29) is 12.6 Å². The largest absolute Gasteiger partial charge is 0.361 e. The molecule has 1 aromatic carbocycles. The summed E-state index contributed by atoms with van der Waals surface area (Å²) in [5.74, 6) is -0.193. The number of carbonyl (C=O) groups excluding carboxylic acids is 1. The summed E-state index contributed by atoms with van der Waals surface area (Å²) in [5, 5.41) is 2.51. The maximum Gasteiger partial charge on any atom is 0.245 e. The first-order valence-corrected chi connectivity index (χ1v) is 6.40. The standard InChI is InChI=1S/C8H15NO2.C8H8/c1-3-5-6-11-7-9-8(10)4-2;1-2-8-6-4-3-5-7-8/h4H,2-3,5-7H2,1H3,(H,9,10);2-7H,1H2. The van der Waals surface area contributed by atoms with E-state index in [0.717, 1.165) is 12.8 Å². The Kier molecular flexibility index (Phi) is 11.3. The van der Waals surface area contributed by atoms with E-state index in [0.29, 0.717) is 6.61 Å². The zero-order chi connectivity index (χ0) is 14.3. The van der Waals surface area contributed by atoms with Crippen LogP contribution in [0.15, 0.2) is 49.6 Å². The van der Waals surface area contributed by atoms with E-state index in [1.807, 2.05) is 36.4 Å². The lowest BCUT2D eigenvalue weighted by Gasteiger charge is -2.02. The highest BCUT2D eigenvalue weighted by atomic mass is 16.5. The van der Waals surface area contributed by atoms with Crippen LogP contribution in [-0.2, 0) is 9.53 Å². The summed E-state index contributed by atoms with van der Waals surface area (Å²) in [7, 11) is 0. The zero-order valence-electron chi connectivity index (χ0n) is 11.6. The molecule has 3 nitrogen and oxygen atoms in total. The number of hydrogen-bond donors (Lipinski definition) is 1. The van der Waals surface area contributed by atoms with Crippen LogP contribution in [0.1, 0.15) is 25.3 Å². The van der Waals surface area contributed by atoms with Gasteiger partial charge in [-0.05, 0) is 18.1 Å². The van der Waals surface area contributed by atoms with Gasteiger partial charge in [0.2, 0.25) is 5.91 Å². The fourth-order valence-electron chi connectivity index (χ4n) is 1.10. The van der Waals surface area contributed by atoms with Crippen LogP contribution in [0.4, 0.5) is 0 Å². The highest BCUT2D eigenvalue weighted by molar-refractivity contribution is 5.86. The number of nitrogens with one attached hydrogen (secondary N) is 1. The van der Waals surface area contributed by atoms with Crippen molar-refractivity contribution in [2.75, 3.05) is 13.3 Å². The average molecular weight is 261 g/mol. The molecule has 1 N–H and O–H groups in total. The molecular weight excluding hydrogens is 238 g/mol. The lowest BCUT2D eigenvalue weighted by molar-refractivity contribution is -0.118. The average Bonchev–Trinajstić information content (AvgIpc) is 2.48. The van der Waals surface area contributed by atoms with Gasteiger partial charge >= 0.3 is 0 Å². The Balaban J connectivity index is 0.000000356. The van der Waals surface area contributed by atoms with E-state index >= 15 is 0 Å². The van der Waals surface area contributed by atoms with Crippen molar-refractivity contribution in [2.45, 2.75) is 19.8 Å². The van der Waals surface area contributed by atoms with E-state index in [1.54, 1.807) is 0 Å². The Morgan fingerprint density at radius 1 is 1.32 bits per heavy atom. The van der Waals surface area contributed by atoms with Crippen LogP contribution in [-0.4, -0.2) is 19.2 Å². The van der Waals surface area contributed by atoms with E-state index < -0.39 is 0 Å². The van der Waals surface area contributed by atoms with Gasteiger partial charge in [0.25, 0.3) is 0 Å². The maximum absolute atomic E-state index is 10.5. The predicted octanol–water partition coefficient (Wildman–Crippen LogP) is 3.39. The van der Waals surface area contributed by atoms with Gasteiger partial charge in [0, 0.05) is 6.61 Å². The first kappa shape index (κ1) is 17.1. The highest BCUT2D eigenvalue weighted by Crippen LogP contribution is 1.97. The number of rotatable bonds is 7. The van der Waals surface area contributed by atoms with Gasteiger partial charge in [-0.25, -0.2) is 0 Å². The van der Waals surface area contributed by atoms with Gasteiger partial charge in [0.05, 0.1) is 0 Å². The second-order valence-corrected chi connectivity index (χ2v) is 3.77. The zero-order valence-corrected chi connectivity index (χ0v) is 11.6. The fraction of sp³-hybridized carbons (Fsp3) is 0.312. The van der Waals surface area contributed by atoms with Crippen molar-refractivity contribution in [3.8, 4) is 0 Å². The van der Waals surface area contributed by atoms with Crippen LogP contribution >= 0.6 is 0 Å². The summed E-state index contributed by atoms with van der Waals surface area (Å²) >= 11 is 0. The van der Waals surface area contributed by atoms with Gasteiger partial charge in [-0.1, -0.05) is 62.9 Å². The molecule has 1 aromatic rings. The van der Waals surface area contributed by atoms with Crippen molar-refractivity contribution in [3.63, 3.8) is 0 Å². The smallest absolute Gasteiger partial charge is 0.245 e. The molecule has 1 rings (SSSR count). The van der Waals surface area contributed by atoms with Crippen molar-refractivity contribution >= 4 is 12.0 Å². The van der Waals surface area contributed by atoms with Crippen LogP contribution < -0.4 is 5.32 Å². The van der Waals surface area contributed by atoms with Crippen LogP contribution in [0, 0.1) is 0 Å². The van der Waals surface area contributed by atoms with Crippen molar-refractivity contribution in [3.05, 3.63) is 55.1 Å². The second kappa shape index (κ2) is 12.6. The Hall–Kier alpha value is -1.87. The number of unbranched alkanes of at least 4 members (excludes halogenated alkanes) is 1.